The predicted molar refractivity (Wildman–Crippen MR) is 85.2 cm³/mol. The van der Waals surface area contributed by atoms with E-state index in [0.29, 0.717) is 11.5 Å². The van der Waals surface area contributed by atoms with E-state index in [9.17, 15) is 4.79 Å². The van der Waals surface area contributed by atoms with Crippen LogP contribution >= 0.6 is 31.9 Å². The van der Waals surface area contributed by atoms with Crippen LogP contribution < -0.4 is 10.1 Å². The average Bonchev–Trinajstić information content (AvgIpc) is 2.37. The van der Waals surface area contributed by atoms with Gasteiger partial charge in [0.1, 0.15) is 5.75 Å². The Bertz CT molecular complexity index is 435. The van der Waals surface area contributed by atoms with Crippen molar-refractivity contribution >= 4 is 37.8 Å². The Hall–Kier alpha value is -0.550. The van der Waals surface area contributed by atoms with Gasteiger partial charge in [-0.2, -0.15) is 0 Å². The zero-order valence-electron chi connectivity index (χ0n) is 11.4. The molecule has 0 saturated carbocycles. The topological polar surface area (TPSA) is 38.3 Å². The lowest BCUT2D eigenvalue weighted by Gasteiger charge is -2.21. The summed E-state index contributed by atoms with van der Waals surface area (Å²) in [5, 5.41) is 3.95. The zero-order valence-corrected chi connectivity index (χ0v) is 14.5. The summed E-state index contributed by atoms with van der Waals surface area (Å²) in [5.41, 5.74) is 0.632. The lowest BCUT2D eigenvalue weighted by atomic mass is 10.0. The van der Waals surface area contributed by atoms with Gasteiger partial charge in [-0.25, -0.2) is 0 Å². The van der Waals surface area contributed by atoms with Gasteiger partial charge < -0.3 is 10.1 Å². The summed E-state index contributed by atoms with van der Waals surface area (Å²) in [6.45, 7) is 4.22. The molecule has 0 aliphatic rings. The van der Waals surface area contributed by atoms with Crippen molar-refractivity contribution in [3.05, 3.63) is 28.2 Å². The van der Waals surface area contributed by atoms with Gasteiger partial charge in [0, 0.05) is 16.9 Å². The second-order valence-corrected chi connectivity index (χ2v) is 6.30. The summed E-state index contributed by atoms with van der Waals surface area (Å²) in [6, 6.07) is 5.51. The first kappa shape index (κ1) is 16.5. The van der Waals surface area contributed by atoms with E-state index in [1.807, 2.05) is 0 Å². The number of alkyl halides is 1. The summed E-state index contributed by atoms with van der Waals surface area (Å²) in [6.07, 6.45) is 0.917. The molecule has 0 aliphatic carbocycles. The molecule has 19 heavy (non-hydrogen) atoms. The number of carbonyl (C=O) groups is 1. The van der Waals surface area contributed by atoms with E-state index in [-0.39, 0.29) is 11.9 Å². The number of benzene rings is 1. The Morgan fingerprint density at radius 1 is 1.42 bits per heavy atom. The van der Waals surface area contributed by atoms with Crippen molar-refractivity contribution in [3.63, 3.8) is 0 Å². The highest BCUT2D eigenvalue weighted by molar-refractivity contribution is 9.10. The lowest BCUT2D eigenvalue weighted by Crippen LogP contribution is -2.38. The van der Waals surface area contributed by atoms with Crippen molar-refractivity contribution in [2.24, 2.45) is 5.92 Å². The molecular formula is C14H19Br2NO2. The summed E-state index contributed by atoms with van der Waals surface area (Å²) in [7, 11) is 1.60. The van der Waals surface area contributed by atoms with Gasteiger partial charge in [-0.05, 0) is 46.5 Å². The molecule has 106 valence electrons. The van der Waals surface area contributed by atoms with Gasteiger partial charge in [0.15, 0.2) is 0 Å². The van der Waals surface area contributed by atoms with Crippen molar-refractivity contribution in [2.45, 2.75) is 26.3 Å². The quantitative estimate of drug-likeness (QED) is 0.743. The maximum absolute atomic E-state index is 12.2. The minimum atomic E-state index is -0.0528. The highest BCUT2D eigenvalue weighted by Crippen LogP contribution is 2.25. The van der Waals surface area contributed by atoms with Gasteiger partial charge in [0.25, 0.3) is 5.91 Å². The highest BCUT2D eigenvalue weighted by atomic mass is 79.9. The SMILES string of the molecule is COc1ccc(C(=O)NC(CCBr)C(C)C)cc1Br. The van der Waals surface area contributed by atoms with Gasteiger partial charge in [0.2, 0.25) is 0 Å². The van der Waals surface area contributed by atoms with Crippen LogP contribution in [-0.4, -0.2) is 24.4 Å². The number of ether oxygens (including phenoxy) is 1. The van der Waals surface area contributed by atoms with Crippen LogP contribution in [0, 0.1) is 5.92 Å². The van der Waals surface area contributed by atoms with Gasteiger partial charge in [-0.15, -0.1) is 0 Å². The van der Waals surface area contributed by atoms with E-state index in [2.05, 4.69) is 51.0 Å². The molecule has 0 spiro atoms. The van der Waals surface area contributed by atoms with Gasteiger partial charge >= 0.3 is 0 Å². The highest BCUT2D eigenvalue weighted by Gasteiger charge is 2.17. The zero-order chi connectivity index (χ0) is 14.4. The standard InChI is InChI=1S/C14H19Br2NO2/c1-9(2)12(6-7-15)17-14(18)10-4-5-13(19-3)11(16)8-10/h4-5,8-9,12H,6-7H2,1-3H3,(H,17,18). The smallest absolute Gasteiger partial charge is 0.251 e. The fourth-order valence-electron chi connectivity index (χ4n) is 1.75. The monoisotopic (exact) mass is 391 g/mol. The molecule has 1 rings (SSSR count). The Kier molecular flexibility index (Phi) is 6.86. The second-order valence-electron chi connectivity index (χ2n) is 4.65. The van der Waals surface area contributed by atoms with Crippen molar-refractivity contribution < 1.29 is 9.53 Å². The van der Waals surface area contributed by atoms with Crippen molar-refractivity contribution in [2.75, 3.05) is 12.4 Å². The first-order chi connectivity index (χ1) is 8.99. The van der Waals surface area contributed by atoms with Gasteiger partial charge in [-0.1, -0.05) is 29.8 Å². The van der Waals surface area contributed by atoms with Crippen LogP contribution in [0.5, 0.6) is 5.75 Å². The molecule has 1 aromatic carbocycles. The van der Waals surface area contributed by atoms with Crippen LogP contribution in [0.4, 0.5) is 0 Å². The van der Waals surface area contributed by atoms with Crippen molar-refractivity contribution in [3.8, 4) is 5.75 Å². The van der Waals surface area contributed by atoms with E-state index in [1.54, 1.807) is 25.3 Å². The summed E-state index contributed by atoms with van der Waals surface area (Å²) < 4.78 is 5.93. The number of hydrogen-bond acceptors (Lipinski definition) is 2. The molecule has 0 aliphatic heterocycles. The number of nitrogens with one attached hydrogen (secondary N) is 1. The fourth-order valence-corrected chi connectivity index (χ4v) is 2.78. The number of carbonyl (C=O) groups excluding carboxylic acids is 1. The molecule has 1 atom stereocenters. The Labute approximate surface area is 131 Å². The first-order valence-corrected chi connectivity index (χ1v) is 8.11. The maximum atomic E-state index is 12.2. The van der Waals surface area contributed by atoms with Crippen LogP contribution in [0.1, 0.15) is 30.6 Å². The number of amides is 1. The minimum absolute atomic E-state index is 0.0528. The third-order valence-electron chi connectivity index (χ3n) is 2.96. The molecular weight excluding hydrogens is 374 g/mol. The van der Waals surface area contributed by atoms with E-state index < -0.39 is 0 Å². The van der Waals surface area contributed by atoms with Crippen LogP contribution in [0.2, 0.25) is 0 Å². The van der Waals surface area contributed by atoms with Gasteiger partial charge in [0.05, 0.1) is 11.6 Å². The van der Waals surface area contributed by atoms with E-state index in [0.717, 1.165) is 22.0 Å². The molecule has 1 N–H and O–H groups in total. The summed E-state index contributed by atoms with van der Waals surface area (Å²) in [4.78, 5) is 12.2. The van der Waals surface area contributed by atoms with E-state index in [1.165, 1.54) is 0 Å². The fraction of sp³-hybridized carbons (Fsp3) is 0.500. The number of methoxy groups -OCH3 is 1. The molecule has 0 saturated heterocycles. The Morgan fingerprint density at radius 3 is 2.58 bits per heavy atom. The first-order valence-electron chi connectivity index (χ1n) is 6.20. The van der Waals surface area contributed by atoms with Crippen LogP contribution in [0.25, 0.3) is 0 Å². The van der Waals surface area contributed by atoms with E-state index >= 15 is 0 Å². The third kappa shape index (κ3) is 4.80. The largest absolute Gasteiger partial charge is 0.496 e. The van der Waals surface area contributed by atoms with Gasteiger partial charge in [-0.3, -0.25) is 4.79 Å². The predicted octanol–water partition coefficient (Wildman–Crippen LogP) is 4.00. The molecule has 0 aromatic heterocycles. The summed E-state index contributed by atoms with van der Waals surface area (Å²) >= 11 is 6.81. The molecule has 1 unspecified atom stereocenters. The molecule has 5 heteroatoms. The lowest BCUT2D eigenvalue weighted by molar-refractivity contribution is 0.0925. The van der Waals surface area contributed by atoms with Crippen LogP contribution in [-0.2, 0) is 0 Å². The minimum Gasteiger partial charge on any atom is -0.496 e. The second kappa shape index (κ2) is 7.90. The maximum Gasteiger partial charge on any atom is 0.251 e. The number of rotatable bonds is 6. The number of hydrogen-bond donors (Lipinski definition) is 1. The van der Waals surface area contributed by atoms with Crippen LogP contribution in [0.15, 0.2) is 22.7 Å². The normalized spacial score (nSPS) is 12.3. The Balaban J connectivity index is 2.79. The molecule has 0 bridgehead atoms. The Morgan fingerprint density at radius 2 is 2.11 bits per heavy atom. The van der Waals surface area contributed by atoms with Crippen molar-refractivity contribution in [1.29, 1.82) is 0 Å². The molecule has 0 radical (unpaired) electrons. The molecule has 1 amide bonds. The summed E-state index contributed by atoms with van der Waals surface area (Å²) in [5.74, 6) is 1.07. The van der Waals surface area contributed by atoms with E-state index in [4.69, 9.17) is 4.74 Å². The van der Waals surface area contributed by atoms with Crippen LogP contribution in [0.3, 0.4) is 0 Å². The van der Waals surface area contributed by atoms with Crippen molar-refractivity contribution in [1.82, 2.24) is 5.32 Å². The number of halogens is 2. The molecule has 0 fully saturated rings. The molecule has 0 heterocycles. The molecule has 3 nitrogen and oxygen atoms in total. The third-order valence-corrected chi connectivity index (χ3v) is 4.03. The average molecular weight is 393 g/mol. The molecule has 1 aromatic rings.